The average Bonchev–Trinajstić information content (AvgIpc) is 2.37. The van der Waals surface area contributed by atoms with Crippen molar-refractivity contribution < 1.29 is 4.39 Å². The van der Waals surface area contributed by atoms with Crippen LogP contribution in [-0.4, -0.2) is 50.7 Å². The van der Waals surface area contributed by atoms with Crippen molar-refractivity contribution in [2.24, 2.45) is 0 Å². The molecule has 1 fully saturated rings. The van der Waals surface area contributed by atoms with Crippen LogP contribution in [-0.2, 0) is 0 Å². The normalized spacial score (nSPS) is 24.7. The molecule has 0 radical (unpaired) electrons. The van der Waals surface area contributed by atoms with Crippen LogP contribution in [0.3, 0.4) is 0 Å². The molecular weight excluding hydrogens is 241 g/mol. The molecule has 1 saturated heterocycles. The largest absolute Gasteiger partial charge is 0.363 e. The highest BCUT2D eigenvalue weighted by atomic mass is 19.1. The predicted molar refractivity (Wildman–Crippen MR) is 78.2 cm³/mol. The van der Waals surface area contributed by atoms with Crippen molar-refractivity contribution in [3.8, 4) is 0 Å². The maximum Gasteiger partial charge on any atom is 0.123 e. The molecule has 0 amide bonds. The van der Waals surface area contributed by atoms with Gasteiger partial charge in [0.25, 0.3) is 0 Å². The molecule has 0 bridgehead atoms. The van der Waals surface area contributed by atoms with Crippen LogP contribution in [0.5, 0.6) is 0 Å². The second kappa shape index (κ2) is 6.35. The number of rotatable bonds is 4. The first-order chi connectivity index (χ1) is 9.11. The molecule has 2 rings (SSSR count). The molecule has 1 aliphatic heterocycles. The van der Waals surface area contributed by atoms with Gasteiger partial charge in [-0.25, -0.2) is 4.39 Å². The third-order valence-electron chi connectivity index (χ3n) is 3.82. The molecule has 1 N–H and O–H groups in total. The highest BCUT2D eigenvalue weighted by molar-refractivity contribution is 5.49. The fourth-order valence-electron chi connectivity index (χ4n) is 3.04. The van der Waals surface area contributed by atoms with Gasteiger partial charge in [-0.05, 0) is 58.3 Å². The molecule has 106 valence electrons. The Morgan fingerprint density at radius 1 is 1.26 bits per heavy atom. The monoisotopic (exact) mass is 265 g/mol. The maximum atomic E-state index is 13.1. The van der Waals surface area contributed by atoms with Crippen LogP contribution in [0.15, 0.2) is 24.3 Å². The molecule has 2 atom stereocenters. The van der Waals surface area contributed by atoms with E-state index >= 15 is 0 Å². The van der Waals surface area contributed by atoms with E-state index < -0.39 is 0 Å². The van der Waals surface area contributed by atoms with Gasteiger partial charge in [-0.15, -0.1) is 0 Å². The molecule has 1 aromatic carbocycles. The summed E-state index contributed by atoms with van der Waals surface area (Å²) in [4.78, 5) is 4.82. The summed E-state index contributed by atoms with van der Waals surface area (Å²) in [5.41, 5.74) is 1.13. The number of likely N-dealkylation sites (N-methyl/N-ethyl adjacent to an activating group) is 1. The molecule has 0 aliphatic carbocycles. The minimum Gasteiger partial charge on any atom is -0.363 e. The van der Waals surface area contributed by atoms with Crippen LogP contribution >= 0.6 is 0 Å². The minimum absolute atomic E-state index is 0.169. The first-order valence-corrected chi connectivity index (χ1v) is 6.99. The molecular formula is C15H24FN3. The topological polar surface area (TPSA) is 18.5 Å². The van der Waals surface area contributed by atoms with Crippen LogP contribution in [0.25, 0.3) is 0 Å². The number of piperazine rings is 1. The molecule has 2 unspecified atom stereocenters. The van der Waals surface area contributed by atoms with E-state index in [1.807, 2.05) is 19.2 Å². The Morgan fingerprint density at radius 3 is 2.58 bits per heavy atom. The highest BCUT2D eigenvalue weighted by Gasteiger charge is 2.30. The van der Waals surface area contributed by atoms with Crippen LogP contribution in [0, 0.1) is 5.82 Å². The van der Waals surface area contributed by atoms with Gasteiger partial charge in [0.15, 0.2) is 0 Å². The molecule has 19 heavy (non-hydrogen) atoms. The fraction of sp³-hybridized carbons (Fsp3) is 0.600. The lowest BCUT2D eigenvalue weighted by Gasteiger charge is -2.46. The van der Waals surface area contributed by atoms with E-state index in [4.69, 9.17) is 0 Å². The maximum absolute atomic E-state index is 13.1. The fourth-order valence-corrected chi connectivity index (χ4v) is 3.04. The van der Waals surface area contributed by atoms with E-state index in [-0.39, 0.29) is 5.82 Å². The lowest BCUT2D eigenvalue weighted by Crippen LogP contribution is -2.57. The quantitative estimate of drug-likeness (QED) is 0.897. The van der Waals surface area contributed by atoms with Crippen LogP contribution < -0.4 is 10.2 Å². The van der Waals surface area contributed by atoms with E-state index in [1.54, 1.807) is 12.1 Å². The van der Waals surface area contributed by atoms with Gasteiger partial charge in [0.2, 0.25) is 0 Å². The number of benzene rings is 1. The van der Waals surface area contributed by atoms with Gasteiger partial charge in [-0.2, -0.15) is 0 Å². The third-order valence-corrected chi connectivity index (χ3v) is 3.82. The number of anilines is 1. The lowest BCUT2D eigenvalue weighted by atomic mass is 10.0. The Kier molecular flexibility index (Phi) is 4.77. The van der Waals surface area contributed by atoms with Gasteiger partial charge in [-0.1, -0.05) is 0 Å². The van der Waals surface area contributed by atoms with Gasteiger partial charge in [0, 0.05) is 30.9 Å². The minimum atomic E-state index is -0.169. The number of nitrogens with zero attached hydrogens (tertiary/aromatic N) is 2. The highest BCUT2D eigenvalue weighted by Crippen LogP contribution is 2.25. The van der Waals surface area contributed by atoms with Crippen molar-refractivity contribution in [1.29, 1.82) is 0 Å². The van der Waals surface area contributed by atoms with Crippen molar-refractivity contribution in [1.82, 2.24) is 10.2 Å². The molecule has 0 spiro atoms. The number of nitrogens with one attached hydrogen (secondary N) is 1. The zero-order chi connectivity index (χ0) is 13.8. The summed E-state index contributed by atoms with van der Waals surface area (Å²) in [6, 6.07) is 7.82. The summed E-state index contributed by atoms with van der Waals surface area (Å²) in [5.74, 6) is -0.169. The molecule has 1 heterocycles. The van der Waals surface area contributed by atoms with E-state index in [1.165, 1.54) is 0 Å². The first kappa shape index (κ1) is 14.3. The second-order valence-electron chi connectivity index (χ2n) is 5.50. The van der Waals surface area contributed by atoms with E-state index in [0.717, 1.165) is 31.7 Å². The molecule has 3 nitrogen and oxygen atoms in total. The molecule has 1 aromatic rings. The van der Waals surface area contributed by atoms with Crippen molar-refractivity contribution >= 4 is 5.69 Å². The van der Waals surface area contributed by atoms with E-state index in [2.05, 4.69) is 29.1 Å². The summed E-state index contributed by atoms with van der Waals surface area (Å²) >= 11 is 0. The molecule has 0 saturated carbocycles. The summed E-state index contributed by atoms with van der Waals surface area (Å²) in [5, 5.41) is 3.22. The van der Waals surface area contributed by atoms with Crippen LogP contribution in [0.2, 0.25) is 0 Å². The number of hydrogen-bond donors (Lipinski definition) is 1. The number of hydrogen-bond acceptors (Lipinski definition) is 3. The SMILES string of the molecule is CNCCC1CN(C)CC(C)N1c1ccc(F)cc1. The molecule has 0 aromatic heterocycles. The molecule has 4 heteroatoms. The average molecular weight is 265 g/mol. The predicted octanol–water partition coefficient (Wildman–Crippen LogP) is 1.94. The zero-order valence-electron chi connectivity index (χ0n) is 12.1. The van der Waals surface area contributed by atoms with Crippen LogP contribution in [0.1, 0.15) is 13.3 Å². The summed E-state index contributed by atoms with van der Waals surface area (Å²) in [7, 11) is 4.16. The second-order valence-corrected chi connectivity index (χ2v) is 5.50. The van der Waals surface area contributed by atoms with Gasteiger partial charge >= 0.3 is 0 Å². The number of halogens is 1. The first-order valence-electron chi connectivity index (χ1n) is 6.99. The van der Waals surface area contributed by atoms with Gasteiger partial charge < -0.3 is 15.1 Å². The van der Waals surface area contributed by atoms with Crippen molar-refractivity contribution in [2.45, 2.75) is 25.4 Å². The Balaban J connectivity index is 2.19. The van der Waals surface area contributed by atoms with E-state index in [0.29, 0.717) is 12.1 Å². The molecule has 1 aliphatic rings. The summed E-state index contributed by atoms with van der Waals surface area (Å²) in [6.45, 7) is 5.35. The lowest BCUT2D eigenvalue weighted by molar-refractivity contribution is 0.226. The summed E-state index contributed by atoms with van der Waals surface area (Å²) < 4.78 is 13.1. The standard InChI is InChI=1S/C15H24FN3/c1-12-10-18(3)11-15(8-9-17-2)19(12)14-6-4-13(16)5-7-14/h4-7,12,15,17H,8-11H2,1-3H3. The van der Waals surface area contributed by atoms with Crippen molar-refractivity contribution in [3.05, 3.63) is 30.1 Å². The Labute approximate surface area is 115 Å². The van der Waals surface area contributed by atoms with E-state index in [9.17, 15) is 4.39 Å². The van der Waals surface area contributed by atoms with Crippen LogP contribution in [0.4, 0.5) is 10.1 Å². The van der Waals surface area contributed by atoms with Crippen molar-refractivity contribution in [2.75, 3.05) is 38.6 Å². The summed E-state index contributed by atoms with van der Waals surface area (Å²) in [6.07, 6.45) is 1.10. The smallest absolute Gasteiger partial charge is 0.123 e. The Hall–Kier alpha value is -1.13. The van der Waals surface area contributed by atoms with Gasteiger partial charge in [0.05, 0.1) is 0 Å². The Bertz CT molecular complexity index is 393. The zero-order valence-corrected chi connectivity index (χ0v) is 12.1. The van der Waals surface area contributed by atoms with Crippen molar-refractivity contribution in [3.63, 3.8) is 0 Å². The Morgan fingerprint density at radius 2 is 1.95 bits per heavy atom. The third kappa shape index (κ3) is 3.45. The van der Waals surface area contributed by atoms with Gasteiger partial charge in [-0.3, -0.25) is 0 Å². The van der Waals surface area contributed by atoms with Gasteiger partial charge in [0.1, 0.15) is 5.82 Å².